The molecule has 0 radical (unpaired) electrons. The summed E-state index contributed by atoms with van der Waals surface area (Å²) in [6.45, 7) is 1.89. The summed E-state index contributed by atoms with van der Waals surface area (Å²) in [6.07, 6.45) is 0. The third kappa shape index (κ3) is 2.78. The van der Waals surface area contributed by atoms with Gasteiger partial charge in [0.15, 0.2) is 5.69 Å². The monoisotopic (exact) mass is 308 g/mol. The van der Waals surface area contributed by atoms with Crippen molar-refractivity contribution in [2.24, 2.45) is 5.11 Å². The maximum absolute atomic E-state index is 12.3. The SMILES string of the molecule is Cc1cccc(NC(=O)Cn2c(O)c(N=N)c3ccccc32)c1. The third-order valence-electron chi connectivity index (χ3n) is 3.63. The fourth-order valence-electron chi connectivity index (χ4n) is 2.61. The molecule has 0 spiro atoms. The number of hydrogen-bond acceptors (Lipinski definition) is 4. The molecule has 3 rings (SSSR count). The first-order valence-electron chi connectivity index (χ1n) is 7.14. The topological polar surface area (TPSA) is 90.5 Å². The van der Waals surface area contributed by atoms with Crippen LogP contribution < -0.4 is 5.32 Å². The molecule has 0 aliphatic carbocycles. The highest BCUT2D eigenvalue weighted by Crippen LogP contribution is 2.38. The van der Waals surface area contributed by atoms with Gasteiger partial charge in [0.2, 0.25) is 11.8 Å². The van der Waals surface area contributed by atoms with Gasteiger partial charge in [0, 0.05) is 11.1 Å². The number of aromatic hydroxyl groups is 1. The van der Waals surface area contributed by atoms with Gasteiger partial charge in [-0.25, -0.2) is 5.53 Å². The summed E-state index contributed by atoms with van der Waals surface area (Å²) in [4.78, 5) is 12.3. The number of anilines is 1. The first-order valence-corrected chi connectivity index (χ1v) is 7.14. The summed E-state index contributed by atoms with van der Waals surface area (Å²) >= 11 is 0. The van der Waals surface area contributed by atoms with Crippen LogP contribution in [0.3, 0.4) is 0 Å². The van der Waals surface area contributed by atoms with Crippen molar-refractivity contribution in [3.63, 3.8) is 0 Å². The van der Waals surface area contributed by atoms with E-state index in [0.717, 1.165) is 5.56 Å². The Morgan fingerprint density at radius 1 is 1.26 bits per heavy atom. The number of fused-ring (bicyclic) bond motifs is 1. The van der Waals surface area contributed by atoms with Crippen LogP contribution in [-0.4, -0.2) is 15.6 Å². The summed E-state index contributed by atoms with van der Waals surface area (Å²) in [5.41, 5.74) is 9.80. The number of para-hydroxylation sites is 1. The summed E-state index contributed by atoms with van der Waals surface area (Å²) in [6, 6.07) is 14.6. The Bertz CT molecular complexity index is 899. The Morgan fingerprint density at radius 2 is 2.04 bits per heavy atom. The molecule has 23 heavy (non-hydrogen) atoms. The first kappa shape index (κ1) is 14.8. The normalized spacial score (nSPS) is 10.7. The van der Waals surface area contributed by atoms with Crippen LogP contribution in [0.5, 0.6) is 5.88 Å². The Balaban J connectivity index is 1.91. The van der Waals surface area contributed by atoms with Gasteiger partial charge < -0.3 is 15.0 Å². The van der Waals surface area contributed by atoms with Gasteiger partial charge in [-0.3, -0.25) is 4.79 Å². The number of carbonyl (C=O) groups is 1. The van der Waals surface area contributed by atoms with E-state index in [9.17, 15) is 9.90 Å². The van der Waals surface area contributed by atoms with Gasteiger partial charge in [-0.1, -0.05) is 30.3 Å². The molecule has 0 bridgehead atoms. The molecule has 0 saturated carbocycles. The number of nitrogens with zero attached hydrogens (tertiary/aromatic N) is 2. The number of amides is 1. The molecular weight excluding hydrogens is 292 g/mol. The molecule has 3 N–H and O–H groups in total. The van der Waals surface area contributed by atoms with Gasteiger partial charge >= 0.3 is 0 Å². The van der Waals surface area contributed by atoms with Gasteiger partial charge in [0.1, 0.15) is 6.54 Å². The largest absolute Gasteiger partial charge is 0.493 e. The van der Waals surface area contributed by atoms with Crippen molar-refractivity contribution >= 4 is 28.2 Å². The van der Waals surface area contributed by atoms with E-state index >= 15 is 0 Å². The minimum atomic E-state index is -0.261. The van der Waals surface area contributed by atoms with E-state index in [1.807, 2.05) is 37.3 Å². The third-order valence-corrected chi connectivity index (χ3v) is 3.63. The molecule has 2 aromatic carbocycles. The van der Waals surface area contributed by atoms with E-state index in [0.29, 0.717) is 16.6 Å². The quantitative estimate of drug-likeness (QED) is 0.637. The molecular formula is C17H16N4O2. The number of hydrogen-bond donors (Lipinski definition) is 3. The molecule has 1 amide bonds. The lowest BCUT2D eigenvalue weighted by Gasteiger charge is -2.09. The highest BCUT2D eigenvalue weighted by atomic mass is 16.3. The van der Waals surface area contributed by atoms with Crippen LogP contribution >= 0.6 is 0 Å². The molecule has 0 fully saturated rings. The average Bonchev–Trinajstić information content (AvgIpc) is 2.79. The lowest BCUT2D eigenvalue weighted by molar-refractivity contribution is -0.116. The van der Waals surface area contributed by atoms with Crippen LogP contribution in [0.1, 0.15) is 5.56 Å². The Hall–Kier alpha value is -3.15. The highest BCUT2D eigenvalue weighted by Gasteiger charge is 2.18. The van der Waals surface area contributed by atoms with Gasteiger partial charge in [-0.05, 0) is 30.7 Å². The number of carbonyl (C=O) groups excluding carboxylic acids is 1. The van der Waals surface area contributed by atoms with E-state index < -0.39 is 0 Å². The van der Waals surface area contributed by atoms with Crippen molar-refractivity contribution in [3.8, 4) is 5.88 Å². The molecule has 0 unspecified atom stereocenters. The van der Waals surface area contributed by atoms with Crippen LogP contribution in [0.15, 0.2) is 53.6 Å². The molecule has 6 nitrogen and oxygen atoms in total. The fraction of sp³-hybridized carbons (Fsp3) is 0.118. The summed E-state index contributed by atoms with van der Waals surface area (Å²) in [5.74, 6) is -0.441. The van der Waals surface area contributed by atoms with Gasteiger partial charge in [0.25, 0.3) is 0 Å². The smallest absolute Gasteiger partial charge is 0.244 e. The lowest BCUT2D eigenvalue weighted by Crippen LogP contribution is -2.18. The number of aromatic nitrogens is 1. The Labute approximate surface area is 132 Å². The standard InChI is InChI=1S/C17H16N4O2/c1-11-5-4-6-12(9-11)19-15(22)10-21-14-8-3-2-7-13(14)16(20-18)17(21)23/h2-9,18,23H,10H2,1H3,(H,19,22). The predicted octanol–water partition coefficient (Wildman–Crippen LogP) is 3.96. The molecule has 0 atom stereocenters. The number of benzene rings is 2. The van der Waals surface area contributed by atoms with Crippen LogP contribution in [-0.2, 0) is 11.3 Å². The summed E-state index contributed by atoms with van der Waals surface area (Å²) in [5, 5.41) is 17.1. The van der Waals surface area contributed by atoms with Crippen molar-refractivity contribution in [2.75, 3.05) is 5.32 Å². The van der Waals surface area contributed by atoms with Gasteiger partial charge in [-0.2, -0.15) is 5.11 Å². The van der Waals surface area contributed by atoms with Crippen LogP contribution in [0, 0.1) is 12.5 Å². The zero-order chi connectivity index (χ0) is 16.4. The van der Waals surface area contributed by atoms with E-state index in [-0.39, 0.29) is 24.0 Å². The second-order valence-electron chi connectivity index (χ2n) is 5.30. The van der Waals surface area contributed by atoms with Crippen molar-refractivity contribution in [3.05, 3.63) is 54.1 Å². The van der Waals surface area contributed by atoms with E-state index in [1.54, 1.807) is 18.2 Å². The van der Waals surface area contributed by atoms with Crippen LogP contribution in [0.4, 0.5) is 11.4 Å². The van der Waals surface area contributed by atoms with Crippen molar-refractivity contribution in [2.45, 2.75) is 13.5 Å². The minimum absolute atomic E-state index is 0.0597. The van der Waals surface area contributed by atoms with Gasteiger partial charge in [-0.15, -0.1) is 0 Å². The number of nitrogens with one attached hydrogen (secondary N) is 2. The summed E-state index contributed by atoms with van der Waals surface area (Å²) < 4.78 is 1.45. The maximum Gasteiger partial charge on any atom is 0.244 e. The van der Waals surface area contributed by atoms with Crippen molar-refractivity contribution in [1.82, 2.24) is 4.57 Å². The van der Waals surface area contributed by atoms with E-state index in [4.69, 9.17) is 5.53 Å². The lowest BCUT2D eigenvalue weighted by atomic mass is 10.2. The average molecular weight is 308 g/mol. The number of rotatable bonds is 4. The molecule has 0 aliphatic heterocycles. The Kier molecular flexibility index (Phi) is 3.80. The highest BCUT2D eigenvalue weighted by molar-refractivity contribution is 5.97. The summed E-state index contributed by atoms with van der Waals surface area (Å²) in [7, 11) is 0. The predicted molar refractivity (Wildman–Crippen MR) is 88.2 cm³/mol. The zero-order valence-corrected chi connectivity index (χ0v) is 12.6. The fourth-order valence-corrected chi connectivity index (χ4v) is 2.61. The molecule has 6 heteroatoms. The maximum atomic E-state index is 12.3. The van der Waals surface area contributed by atoms with Gasteiger partial charge in [0.05, 0.1) is 5.52 Å². The van der Waals surface area contributed by atoms with E-state index in [1.165, 1.54) is 4.57 Å². The van der Waals surface area contributed by atoms with Crippen LogP contribution in [0.2, 0.25) is 0 Å². The molecule has 3 aromatic rings. The minimum Gasteiger partial charge on any atom is -0.493 e. The molecule has 0 saturated heterocycles. The molecule has 1 heterocycles. The van der Waals surface area contributed by atoms with Crippen LogP contribution in [0.25, 0.3) is 10.9 Å². The number of aryl methyl sites for hydroxylation is 1. The zero-order valence-electron chi connectivity index (χ0n) is 12.6. The second kappa shape index (κ2) is 5.92. The van der Waals surface area contributed by atoms with Crippen molar-refractivity contribution in [1.29, 1.82) is 5.53 Å². The molecule has 1 aromatic heterocycles. The van der Waals surface area contributed by atoms with Crippen molar-refractivity contribution < 1.29 is 9.90 Å². The molecule has 116 valence electrons. The second-order valence-corrected chi connectivity index (χ2v) is 5.30. The Morgan fingerprint density at radius 3 is 2.78 bits per heavy atom. The first-order chi connectivity index (χ1) is 11.1. The van der Waals surface area contributed by atoms with E-state index in [2.05, 4.69) is 10.4 Å². The molecule has 0 aliphatic rings.